The third-order valence-corrected chi connectivity index (χ3v) is 6.08. The average Bonchev–Trinajstić information content (AvgIpc) is 2.95. The molecule has 2 fully saturated rings. The number of rotatable bonds is 2. The zero-order valence-electron chi connectivity index (χ0n) is 13.2. The predicted molar refractivity (Wildman–Crippen MR) is 92.6 cm³/mol. The largest absolute Gasteiger partial charge is 0.308 e. The first-order valence-electron chi connectivity index (χ1n) is 8.42. The molecule has 0 bridgehead atoms. The summed E-state index contributed by atoms with van der Waals surface area (Å²) in [6.45, 7) is 2.34. The number of imidazole rings is 1. The molecule has 2 aromatic rings. The van der Waals surface area contributed by atoms with Gasteiger partial charge in [-0.3, -0.25) is 0 Å². The molecule has 2 saturated heterocycles. The Labute approximate surface area is 136 Å². The van der Waals surface area contributed by atoms with Crippen LogP contribution < -0.4 is 0 Å². The molecule has 0 N–H and O–H groups in total. The molecule has 0 saturated carbocycles. The Hall–Kier alpha value is -1.07. The van der Waals surface area contributed by atoms with Crippen LogP contribution in [0.4, 0.5) is 0 Å². The molecule has 0 spiro atoms. The van der Waals surface area contributed by atoms with Crippen molar-refractivity contribution in [3.8, 4) is 0 Å². The summed E-state index contributed by atoms with van der Waals surface area (Å²) in [7, 11) is 2.23. The van der Waals surface area contributed by atoms with E-state index >= 15 is 0 Å². The smallest absolute Gasteiger partial charge is 0.160 e. The number of pyridine rings is 1. The van der Waals surface area contributed by atoms with Crippen LogP contribution in [0.25, 0.3) is 11.2 Å². The molecule has 0 aromatic carbocycles. The summed E-state index contributed by atoms with van der Waals surface area (Å²) in [5.41, 5.74) is 2.17. The minimum absolute atomic E-state index is 0.531. The van der Waals surface area contributed by atoms with Crippen molar-refractivity contribution in [1.82, 2.24) is 19.4 Å². The van der Waals surface area contributed by atoms with Crippen LogP contribution in [0.15, 0.2) is 18.3 Å². The van der Waals surface area contributed by atoms with Crippen LogP contribution in [0.3, 0.4) is 0 Å². The highest BCUT2D eigenvalue weighted by Gasteiger charge is 2.28. The molecule has 2 aromatic heterocycles. The third-order valence-electron chi connectivity index (χ3n) is 5.03. The van der Waals surface area contributed by atoms with Gasteiger partial charge in [0.1, 0.15) is 11.3 Å². The molecular weight excluding hydrogens is 292 g/mol. The second kappa shape index (κ2) is 6.20. The number of likely N-dealkylation sites (tertiary alicyclic amines) is 1. The number of hydrogen-bond acceptors (Lipinski definition) is 4. The summed E-state index contributed by atoms with van der Waals surface area (Å²) in [6, 6.07) is 4.66. The van der Waals surface area contributed by atoms with E-state index in [1.807, 2.05) is 12.3 Å². The van der Waals surface area contributed by atoms with Crippen molar-refractivity contribution >= 4 is 22.9 Å². The number of aromatic nitrogens is 3. The van der Waals surface area contributed by atoms with E-state index in [4.69, 9.17) is 4.98 Å². The molecule has 1 atom stereocenters. The van der Waals surface area contributed by atoms with Crippen molar-refractivity contribution in [1.29, 1.82) is 0 Å². The Bertz CT molecular complexity index is 647. The van der Waals surface area contributed by atoms with Crippen LogP contribution in [0, 0.1) is 0 Å². The molecular formula is C17H24N4S. The molecule has 5 heteroatoms. The Morgan fingerprint density at radius 1 is 1.23 bits per heavy atom. The molecule has 0 aliphatic carbocycles. The molecule has 2 aliphatic rings. The van der Waals surface area contributed by atoms with Crippen LogP contribution in [-0.4, -0.2) is 51.1 Å². The second-order valence-corrected chi connectivity index (χ2v) is 7.86. The predicted octanol–water partition coefficient (Wildman–Crippen LogP) is 3.31. The molecule has 0 amide bonds. The van der Waals surface area contributed by atoms with Gasteiger partial charge < -0.3 is 9.47 Å². The first-order chi connectivity index (χ1) is 10.8. The van der Waals surface area contributed by atoms with Gasteiger partial charge >= 0.3 is 0 Å². The number of thioether (sulfide) groups is 1. The highest BCUT2D eigenvalue weighted by atomic mass is 32.2. The summed E-state index contributed by atoms with van der Waals surface area (Å²) in [5.74, 6) is 4.45. The summed E-state index contributed by atoms with van der Waals surface area (Å²) in [4.78, 5) is 12.1. The van der Waals surface area contributed by atoms with Gasteiger partial charge in [0.15, 0.2) is 5.65 Å². The van der Waals surface area contributed by atoms with Crippen LogP contribution in [0.5, 0.6) is 0 Å². The summed E-state index contributed by atoms with van der Waals surface area (Å²) >= 11 is 2.08. The first-order valence-corrected chi connectivity index (χ1v) is 9.57. The van der Waals surface area contributed by atoms with Gasteiger partial charge in [-0.2, -0.15) is 11.8 Å². The van der Waals surface area contributed by atoms with Gasteiger partial charge in [0.05, 0.1) is 0 Å². The Morgan fingerprint density at radius 3 is 2.91 bits per heavy atom. The van der Waals surface area contributed by atoms with Gasteiger partial charge in [-0.1, -0.05) is 0 Å². The van der Waals surface area contributed by atoms with Crippen molar-refractivity contribution in [2.24, 2.45) is 0 Å². The van der Waals surface area contributed by atoms with E-state index in [0.29, 0.717) is 12.0 Å². The van der Waals surface area contributed by atoms with E-state index in [0.717, 1.165) is 17.7 Å². The maximum atomic E-state index is 5.01. The standard InChI is InChI=1S/C17H24N4S/c1-20-9-3-4-14(12-20)21-16(13-6-10-22-11-7-13)19-15-5-2-8-18-17(15)21/h2,5,8,13-14H,3-4,6-7,9-12H2,1H3. The van der Waals surface area contributed by atoms with Gasteiger partial charge in [-0.25, -0.2) is 9.97 Å². The molecule has 4 rings (SSSR count). The van der Waals surface area contributed by atoms with Crippen LogP contribution in [0.2, 0.25) is 0 Å². The number of hydrogen-bond donors (Lipinski definition) is 0. The van der Waals surface area contributed by atoms with Gasteiger partial charge in [0.2, 0.25) is 0 Å². The van der Waals surface area contributed by atoms with E-state index in [9.17, 15) is 0 Å². The molecule has 22 heavy (non-hydrogen) atoms. The third kappa shape index (κ3) is 2.65. The van der Waals surface area contributed by atoms with Gasteiger partial charge in [0, 0.05) is 24.7 Å². The van der Waals surface area contributed by atoms with Gasteiger partial charge in [0.25, 0.3) is 0 Å². The van der Waals surface area contributed by atoms with Crippen LogP contribution >= 0.6 is 11.8 Å². The number of piperidine rings is 1. The number of likely N-dealkylation sites (N-methyl/N-ethyl adjacent to an activating group) is 1. The van der Waals surface area contributed by atoms with E-state index in [1.54, 1.807) is 0 Å². The minimum atomic E-state index is 0.531. The van der Waals surface area contributed by atoms with Crippen molar-refractivity contribution in [3.05, 3.63) is 24.2 Å². The monoisotopic (exact) mass is 316 g/mol. The average molecular weight is 316 g/mol. The van der Waals surface area contributed by atoms with Crippen molar-refractivity contribution in [2.75, 3.05) is 31.6 Å². The summed E-state index contributed by atoms with van der Waals surface area (Å²) in [6.07, 6.45) is 6.95. The zero-order valence-corrected chi connectivity index (χ0v) is 14.1. The van der Waals surface area contributed by atoms with E-state index in [-0.39, 0.29) is 0 Å². The lowest BCUT2D eigenvalue weighted by molar-refractivity contribution is 0.210. The van der Waals surface area contributed by atoms with Gasteiger partial charge in [-0.15, -0.1) is 0 Å². The lowest BCUT2D eigenvalue weighted by atomic mass is 10.00. The normalized spacial score (nSPS) is 24.9. The van der Waals surface area contributed by atoms with Crippen molar-refractivity contribution in [3.63, 3.8) is 0 Å². The molecule has 0 radical (unpaired) electrons. The van der Waals surface area contributed by atoms with E-state index < -0.39 is 0 Å². The maximum Gasteiger partial charge on any atom is 0.160 e. The Balaban J connectivity index is 1.78. The highest BCUT2D eigenvalue weighted by molar-refractivity contribution is 7.99. The zero-order chi connectivity index (χ0) is 14.9. The highest BCUT2D eigenvalue weighted by Crippen LogP contribution is 2.35. The van der Waals surface area contributed by atoms with Crippen LogP contribution in [-0.2, 0) is 0 Å². The fourth-order valence-electron chi connectivity index (χ4n) is 3.90. The first kappa shape index (κ1) is 14.5. The molecule has 4 nitrogen and oxygen atoms in total. The fraction of sp³-hybridized carbons (Fsp3) is 0.647. The van der Waals surface area contributed by atoms with Gasteiger partial charge in [-0.05, 0) is 62.9 Å². The topological polar surface area (TPSA) is 34.0 Å². The van der Waals surface area contributed by atoms with Crippen LogP contribution in [0.1, 0.15) is 43.5 Å². The SMILES string of the molecule is CN1CCCC(n2c(C3CCSCC3)nc3cccnc32)C1. The quantitative estimate of drug-likeness (QED) is 0.851. The lowest BCUT2D eigenvalue weighted by Gasteiger charge is -2.33. The van der Waals surface area contributed by atoms with Crippen molar-refractivity contribution in [2.45, 2.75) is 37.6 Å². The molecule has 118 valence electrons. The lowest BCUT2D eigenvalue weighted by Crippen LogP contribution is -2.34. The number of fused-ring (bicyclic) bond motifs is 1. The maximum absolute atomic E-state index is 5.01. The van der Waals surface area contributed by atoms with Crippen molar-refractivity contribution < 1.29 is 0 Å². The van der Waals surface area contributed by atoms with E-state index in [1.165, 1.54) is 49.6 Å². The van der Waals surface area contributed by atoms with E-state index in [2.05, 4.69) is 39.3 Å². The minimum Gasteiger partial charge on any atom is -0.308 e. The summed E-state index contributed by atoms with van der Waals surface area (Å²) < 4.78 is 2.49. The number of nitrogens with zero attached hydrogens (tertiary/aromatic N) is 4. The Morgan fingerprint density at radius 2 is 2.09 bits per heavy atom. The molecule has 1 unspecified atom stereocenters. The summed E-state index contributed by atoms with van der Waals surface area (Å²) in [5, 5.41) is 0. The molecule has 4 heterocycles. The Kier molecular flexibility index (Phi) is 4.09. The second-order valence-electron chi connectivity index (χ2n) is 6.63. The molecule has 2 aliphatic heterocycles. The fourth-order valence-corrected chi connectivity index (χ4v) is 5.01.